The molecule has 0 heterocycles. The molecule has 1 N–H and O–H groups in total. The van der Waals surface area contributed by atoms with E-state index in [4.69, 9.17) is 9.47 Å². The molecule has 0 radical (unpaired) electrons. The van der Waals surface area contributed by atoms with Gasteiger partial charge in [0.15, 0.2) is 0 Å². The first-order valence-corrected chi connectivity index (χ1v) is 7.18. The Kier molecular flexibility index (Phi) is 5.23. The molecule has 0 saturated carbocycles. The summed E-state index contributed by atoms with van der Waals surface area (Å²) in [4.78, 5) is 0. The SMILES string of the molecule is COc1cc(OC)cc(-c2ccc(CNC(C)C)cc2)c1. The molecular weight excluding hydrogens is 262 g/mol. The van der Waals surface area contributed by atoms with E-state index < -0.39 is 0 Å². The van der Waals surface area contributed by atoms with Crippen molar-refractivity contribution in [3.63, 3.8) is 0 Å². The lowest BCUT2D eigenvalue weighted by molar-refractivity contribution is 0.394. The Morgan fingerprint density at radius 1 is 0.857 bits per heavy atom. The van der Waals surface area contributed by atoms with Crippen LogP contribution in [0.4, 0.5) is 0 Å². The number of nitrogens with one attached hydrogen (secondary N) is 1. The molecule has 0 aliphatic rings. The van der Waals surface area contributed by atoms with Crippen molar-refractivity contribution < 1.29 is 9.47 Å². The van der Waals surface area contributed by atoms with Crippen LogP contribution >= 0.6 is 0 Å². The third-order valence-corrected chi connectivity index (χ3v) is 3.35. The van der Waals surface area contributed by atoms with Crippen LogP contribution in [0.15, 0.2) is 42.5 Å². The first-order valence-electron chi connectivity index (χ1n) is 7.18. The van der Waals surface area contributed by atoms with Gasteiger partial charge < -0.3 is 14.8 Å². The van der Waals surface area contributed by atoms with E-state index in [0.29, 0.717) is 6.04 Å². The van der Waals surface area contributed by atoms with Crippen molar-refractivity contribution in [3.05, 3.63) is 48.0 Å². The number of rotatable bonds is 6. The van der Waals surface area contributed by atoms with Crippen LogP contribution in [-0.2, 0) is 6.54 Å². The molecule has 3 heteroatoms. The minimum atomic E-state index is 0.493. The van der Waals surface area contributed by atoms with Gasteiger partial charge in [0.1, 0.15) is 11.5 Å². The molecule has 2 aromatic rings. The van der Waals surface area contributed by atoms with Crippen LogP contribution in [0.25, 0.3) is 11.1 Å². The lowest BCUT2D eigenvalue weighted by atomic mass is 10.0. The predicted molar refractivity (Wildman–Crippen MR) is 87.0 cm³/mol. The summed E-state index contributed by atoms with van der Waals surface area (Å²) in [7, 11) is 3.33. The molecule has 2 rings (SSSR count). The average molecular weight is 285 g/mol. The fraction of sp³-hybridized carbons (Fsp3) is 0.333. The highest BCUT2D eigenvalue weighted by Gasteiger charge is 2.04. The molecule has 2 aromatic carbocycles. The van der Waals surface area contributed by atoms with Crippen LogP contribution in [0, 0.1) is 0 Å². The van der Waals surface area contributed by atoms with Gasteiger partial charge in [0.05, 0.1) is 14.2 Å². The van der Waals surface area contributed by atoms with Gasteiger partial charge in [-0.1, -0.05) is 38.1 Å². The van der Waals surface area contributed by atoms with Crippen molar-refractivity contribution in [1.82, 2.24) is 5.32 Å². The molecule has 0 aromatic heterocycles. The van der Waals surface area contributed by atoms with Crippen molar-refractivity contribution in [2.45, 2.75) is 26.4 Å². The maximum Gasteiger partial charge on any atom is 0.123 e. The largest absolute Gasteiger partial charge is 0.497 e. The minimum Gasteiger partial charge on any atom is -0.497 e. The normalized spacial score (nSPS) is 10.7. The Hall–Kier alpha value is -2.00. The highest BCUT2D eigenvalue weighted by atomic mass is 16.5. The van der Waals surface area contributed by atoms with E-state index >= 15 is 0 Å². The van der Waals surface area contributed by atoms with Gasteiger partial charge >= 0.3 is 0 Å². The Morgan fingerprint density at radius 2 is 1.43 bits per heavy atom. The Labute approximate surface area is 126 Å². The summed E-state index contributed by atoms with van der Waals surface area (Å²) in [5.41, 5.74) is 3.53. The molecule has 0 aliphatic carbocycles. The van der Waals surface area contributed by atoms with E-state index in [1.54, 1.807) is 14.2 Å². The highest BCUT2D eigenvalue weighted by molar-refractivity contribution is 5.67. The van der Waals surface area contributed by atoms with E-state index in [1.807, 2.05) is 18.2 Å². The van der Waals surface area contributed by atoms with Crippen molar-refractivity contribution >= 4 is 0 Å². The van der Waals surface area contributed by atoms with Crippen molar-refractivity contribution in [2.24, 2.45) is 0 Å². The molecule has 0 spiro atoms. The molecule has 0 atom stereocenters. The maximum atomic E-state index is 5.32. The number of hydrogen-bond donors (Lipinski definition) is 1. The first kappa shape index (κ1) is 15.4. The zero-order valence-electron chi connectivity index (χ0n) is 13.1. The molecule has 0 aliphatic heterocycles. The Bertz CT molecular complexity index is 554. The number of ether oxygens (including phenoxy) is 2. The van der Waals surface area contributed by atoms with Gasteiger partial charge in [-0.05, 0) is 28.8 Å². The standard InChI is InChI=1S/C18H23NO2/c1-13(2)19-12-14-5-7-15(8-6-14)16-9-17(20-3)11-18(10-16)21-4/h5-11,13,19H,12H2,1-4H3. The minimum absolute atomic E-state index is 0.493. The van der Waals surface area contributed by atoms with Crippen LogP contribution in [0.5, 0.6) is 11.5 Å². The summed E-state index contributed by atoms with van der Waals surface area (Å²) < 4.78 is 10.6. The summed E-state index contributed by atoms with van der Waals surface area (Å²) in [5.74, 6) is 1.60. The summed E-state index contributed by atoms with van der Waals surface area (Å²) >= 11 is 0. The molecule has 21 heavy (non-hydrogen) atoms. The monoisotopic (exact) mass is 285 g/mol. The molecule has 3 nitrogen and oxygen atoms in total. The average Bonchev–Trinajstić information content (AvgIpc) is 2.52. The number of methoxy groups -OCH3 is 2. The van der Waals surface area contributed by atoms with Gasteiger partial charge in [0.25, 0.3) is 0 Å². The van der Waals surface area contributed by atoms with E-state index in [9.17, 15) is 0 Å². The topological polar surface area (TPSA) is 30.5 Å². The van der Waals surface area contributed by atoms with Gasteiger partial charge in [0, 0.05) is 18.7 Å². The summed E-state index contributed by atoms with van der Waals surface area (Å²) in [6.07, 6.45) is 0. The van der Waals surface area contributed by atoms with Gasteiger partial charge in [0.2, 0.25) is 0 Å². The van der Waals surface area contributed by atoms with E-state index in [-0.39, 0.29) is 0 Å². The molecule has 0 amide bonds. The number of benzene rings is 2. The van der Waals surface area contributed by atoms with E-state index in [1.165, 1.54) is 5.56 Å². The summed E-state index contributed by atoms with van der Waals surface area (Å²) in [6, 6.07) is 15.0. The Morgan fingerprint density at radius 3 is 1.90 bits per heavy atom. The third kappa shape index (κ3) is 4.23. The zero-order valence-corrected chi connectivity index (χ0v) is 13.1. The Balaban J connectivity index is 2.21. The molecule has 0 unspecified atom stereocenters. The summed E-state index contributed by atoms with van der Waals surface area (Å²) in [5, 5.41) is 3.42. The van der Waals surface area contributed by atoms with Crippen molar-refractivity contribution in [2.75, 3.05) is 14.2 Å². The smallest absolute Gasteiger partial charge is 0.123 e. The lowest BCUT2D eigenvalue weighted by Crippen LogP contribution is -2.21. The predicted octanol–water partition coefficient (Wildman–Crippen LogP) is 3.87. The van der Waals surface area contributed by atoms with Gasteiger partial charge in [-0.2, -0.15) is 0 Å². The molecule has 112 valence electrons. The van der Waals surface area contributed by atoms with Crippen molar-refractivity contribution in [1.29, 1.82) is 0 Å². The molecular formula is C18H23NO2. The van der Waals surface area contributed by atoms with E-state index in [2.05, 4.69) is 43.4 Å². The lowest BCUT2D eigenvalue weighted by Gasteiger charge is -2.10. The van der Waals surface area contributed by atoms with Crippen LogP contribution in [0.1, 0.15) is 19.4 Å². The first-order chi connectivity index (χ1) is 10.1. The maximum absolute atomic E-state index is 5.32. The second-order valence-electron chi connectivity index (χ2n) is 5.33. The van der Waals surface area contributed by atoms with Crippen LogP contribution in [-0.4, -0.2) is 20.3 Å². The third-order valence-electron chi connectivity index (χ3n) is 3.35. The van der Waals surface area contributed by atoms with Crippen LogP contribution in [0.3, 0.4) is 0 Å². The van der Waals surface area contributed by atoms with Crippen molar-refractivity contribution in [3.8, 4) is 22.6 Å². The van der Waals surface area contributed by atoms with Gasteiger partial charge in [-0.25, -0.2) is 0 Å². The fourth-order valence-corrected chi connectivity index (χ4v) is 2.11. The quantitative estimate of drug-likeness (QED) is 0.874. The molecule has 0 saturated heterocycles. The molecule has 0 fully saturated rings. The van der Waals surface area contributed by atoms with Crippen LogP contribution < -0.4 is 14.8 Å². The van der Waals surface area contributed by atoms with Crippen LogP contribution in [0.2, 0.25) is 0 Å². The highest BCUT2D eigenvalue weighted by Crippen LogP contribution is 2.29. The van der Waals surface area contributed by atoms with E-state index in [0.717, 1.165) is 29.2 Å². The fourth-order valence-electron chi connectivity index (χ4n) is 2.11. The van der Waals surface area contributed by atoms with Gasteiger partial charge in [-0.15, -0.1) is 0 Å². The second kappa shape index (κ2) is 7.14. The number of hydrogen-bond acceptors (Lipinski definition) is 3. The molecule has 0 bridgehead atoms. The summed E-state index contributed by atoms with van der Waals surface area (Å²) in [6.45, 7) is 5.19. The van der Waals surface area contributed by atoms with Gasteiger partial charge in [-0.3, -0.25) is 0 Å². The second-order valence-corrected chi connectivity index (χ2v) is 5.33. The zero-order chi connectivity index (χ0) is 15.2.